The van der Waals surface area contributed by atoms with Crippen molar-refractivity contribution in [2.24, 2.45) is 0 Å². The number of carbonyl (C=O) groups is 2. The van der Waals surface area contributed by atoms with Gasteiger partial charge in [-0.2, -0.15) is 11.8 Å². The highest BCUT2D eigenvalue weighted by Crippen LogP contribution is 2.13. The molecule has 0 aliphatic rings. The summed E-state index contributed by atoms with van der Waals surface area (Å²) < 4.78 is 2.05. The van der Waals surface area contributed by atoms with Crippen molar-refractivity contribution in [3.63, 3.8) is 0 Å². The first-order chi connectivity index (χ1) is 9.04. The number of rotatable bonds is 8. The Morgan fingerprint density at radius 3 is 2.89 bits per heavy atom. The molecule has 1 unspecified atom stereocenters. The van der Waals surface area contributed by atoms with E-state index in [1.807, 2.05) is 13.1 Å². The molecule has 0 aromatic carbocycles. The first kappa shape index (κ1) is 15.6. The van der Waals surface area contributed by atoms with Gasteiger partial charge in [0.25, 0.3) is 0 Å². The van der Waals surface area contributed by atoms with Gasteiger partial charge in [0.2, 0.25) is 5.91 Å². The van der Waals surface area contributed by atoms with E-state index in [0.717, 1.165) is 18.1 Å². The quantitative estimate of drug-likeness (QED) is 0.699. The zero-order valence-electron chi connectivity index (χ0n) is 11.1. The van der Waals surface area contributed by atoms with E-state index in [9.17, 15) is 9.59 Å². The maximum atomic E-state index is 10.9. The maximum absolute atomic E-state index is 10.9. The lowest BCUT2D eigenvalue weighted by molar-refractivity contribution is -0.141. The van der Waals surface area contributed by atoms with Gasteiger partial charge >= 0.3 is 5.97 Å². The fraction of sp³-hybridized carbons (Fsp3) is 0.583. The number of thioether (sulfide) groups is 1. The lowest BCUT2D eigenvalue weighted by atomic mass is 10.2. The summed E-state index contributed by atoms with van der Waals surface area (Å²) in [4.78, 5) is 26.0. The molecule has 106 valence electrons. The minimum absolute atomic E-state index is 0.320. The van der Waals surface area contributed by atoms with E-state index in [-0.39, 0.29) is 5.91 Å². The van der Waals surface area contributed by atoms with Crippen LogP contribution in [0.3, 0.4) is 0 Å². The van der Waals surface area contributed by atoms with Crippen molar-refractivity contribution in [2.75, 3.05) is 5.75 Å². The molecule has 2 N–H and O–H groups in total. The van der Waals surface area contributed by atoms with E-state index >= 15 is 0 Å². The van der Waals surface area contributed by atoms with Crippen LogP contribution in [0.1, 0.15) is 26.1 Å². The molecule has 19 heavy (non-hydrogen) atoms. The zero-order valence-corrected chi connectivity index (χ0v) is 11.9. The number of aromatic nitrogens is 2. The number of carbonyl (C=O) groups excluding carboxylic acids is 1. The molecule has 0 saturated heterocycles. The van der Waals surface area contributed by atoms with Gasteiger partial charge in [0.05, 0.1) is 5.75 Å². The molecule has 6 nitrogen and oxygen atoms in total. The molecule has 1 atom stereocenters. The van der Waals surface area contributed by atoms with Gasteiger partial charge in [-0.1, -0.05) is 0 Å². The number of aryl methyl sites for hydroxylation is 1. The molecular formula is C12H19N3O3S. The number of hydrogen-bond acceptors (Lipinski definition) is 4. The van der Waals surface area contributed by atoms with Crippen molar-refractivity contribution in [3.8, 4) is 0 Å². The van der Waals surface area contributed by atoms with Crippen LogP contribution in [0.25, 0.3) is 0 Å². The zero-order chi connectivity index (χ0) is 14.3. The molecule has 0 spiro atoms. The maximum Gasteiger partial charge on any atom is 0.326 e. The van der Waals surface area contributed by atoms with Crippen LogP contribution >= 0.6 is 11.8 Å². The topological polar surface area (TPSA) is 84.2 Å². The molecule has 0 aliphatic carbocycles. The van der Waals surface area contributed by atoms with E-state index in [0.29, 0.717) is 12.2 Å². The summed E-state index contributed by atoms with van der Waals surface area (Å²) in [7, 11) is 0. The predicted molar refractivity (Wildman–Crippen MR) is 73.9 cm³/mol. The van der Waals surface area contributed by atoms with Gasteiger partial charge in [0.15, 0.2) is 0 Å². The normalized spacial score (nSPS) is 12.1. The first-order valence-corrected chi connectivity index (χ1v) is 7.27. The van der Waals surface area contributed by atoms with Crippen molar-refractivity contribution in [3.05, 3.63) is 18.2 Å². The van der Waals surface area contributed by atoms with Crippen LogP contribution in [0.5, 0.6) is 0 Å². The Kier molecular flexibility index (Phi) is 6.41. The molecule has 1 aromatic rings. The molecule has 0 fully saturated rings. The van der Waals surface area contributed by atoms with Crippen LogP contribution in [0.4, 0.5) is 0 Å². The van der Waals surface area contributed by atoms with Crippen LogP contribution in [0.15, 0.2) is 12.4 Å². The minimum Gasteiger partial charge on any atom is -0.480 e. The van der Waals surface area contributed by atoms with Crippen LogP contribution < -0.4 is 5.32 Å². The van der Waals surface area contributed by atoms with Crippen molar-refractivity contribution < 1.29 is 14.7 Å². The molecule has 1 heterocycles. The van der Waals surface area contributed by atoms with Gasteiger partial charge in [-0.15, -0.1) is 0 Å². The Morgan fingerprint density at radius 2 is 2.32 bits per heavy atom. The van der Waals surface area contributed by atoms with Gasteiger partial charge in [-0.25, -0.2) is 9.78 Å². The highest BCUT2D eigenvalue weighted by atomic mass is 32.2. The van der Waals surface area contributed by atoms with Crippen LogP contribution in [-0.4, -0.2) is 38.3 Å². The van der Waals surface area contributed by atoms with E-state index in [2.05, 4.69) is 14.9 Å². The lowest BCUT2D eigenvalue weighted by Crippen LogP contribution is -2.39. The van der Waals surface area contributed by atoms with E-state index in [4.69, 9.17) is 5.11 Å². The highest BCUT2D eigenvalue weighted by Gasteiger charge is 2.17. The van der Waals surface area contributed by atoms with E-state index in [1.54, 1.807) is 18.0 Å². The van der Waals surface area contributed by atoms with Crippen molar-refractivity contribution in [1.82, 2.24) is 14.9 Å². The SMILES string of the molecule is CCn1ccnc1CSCCC(NC(C)=O)C(=O)O. The third kappa shape index (κ3) is 5.34. The fourth-order valence-electron chi connectivity index (χ4n) is 1.64. The molecule has 1 aromatic heterocycles. The Hall–Kier alpha value is -1.50. The molecule has 7 heteroatoms. The summed E-state index contributed by atoms with van der Waals surface area (Å²) in [5, 5.41) is 11.4. The smallest absolute Gasteiger partial charge is 0.326 e. The predicted octanol–water partition coefficient (Wildman–Crippen LogP) is 1.12. The Morgan fingerprint density at radius 1 is 1.58 bits per heavy atom. The standard InChI is InChI=1S/C12H19N3O3S/c1-3-15-6-5-13-11(15)8-19-7-4-10(12(17)18)14-9(2)16/h5-6,10H,3-4,7-8H2,1-2H3,(H,14,16)(H,17,18). The number of nitrogens with zero attached hydrogens (tertiary/aromatic N) is 2. The molecule has 0 saturated carbocycles. The number of hydrogen-bond donors (Lipinski definition) is 2. The monoisotopic (exact) mass is 285 g/mol. The minimum atomic E-state index is -0.995. The average molecular weight is 285 g/mol. The Labute approximate surface area is 116 Å². The summed E-state index contributed by atoms with van der Waals surface area (Å²) in [5.41, 5.74) is 0. The average Bonchev–Trinajstić information content (AvgIpc) is 2.79. The molecule has 1 amide bonds. The number of nitrogens with one attached hydrogen (secondary N) is 1. The lowest BCUT2D eigenvalue weighted by Gasteiger charge is -2.12. The Balaban J connectivity index is 2.32. The fourth-order valence-corrected chi connectivity index (χ4v) is 2.61. The second kappa shape index (κ2) is 7.83. The highest BCUT2D eigenvalue weighted by molar-refractivity contribution is 7.98. The number of aliphatic carboxylic acids is 1. The van der Waals surface area contributed by atoms with E-state index in [1.165, 1.54) is 6.92 Å². The van der Waals surface area contributed by atoms with E-state index < -0.39 is 12.0 Å². The van der Waals surface area contributed by atoms with Gasteiger partial charge in [0.1, 0.15) is 11.9 Å². The van der Waals surface area contributed by atoms with Gasteiger partial charge < -0.3 is 15.0 Å². The summed E-state index contributed by atoms with van der Waals surface area (Å²) in [5.74, 6) is 1.07. The van der Waals surface area contributed by atoms with Gasteiger partial charge in [0, 0.05) is 25.9 Å². The molecule has 0 bridgehead atoms. The van der Waals surface area contributed by atoms with Crippen LogP contribution in [0, 0.1) is 0 Å². The number of amides is 1. The number of imidazole rings is 1. The number of carboxylic acids is 1. The van der Waals surface area contributed by atoms with Gasteiger partial charge in [-0.3, -0.25) is 4.79 Å². The molecule has 1 rings (SSSR count). The first-order valence-electron chi connectivity index (χ1n) is 6.12. The van der Waals surface area contributed by atoms with Crippen LogP contribution in [0.2, 0.25) is 0 Å². The summed E-state index contributed by atoms with van der Waals surface area (Å²) in [6, 6.07) is -0.809. The Bertz CT molecular complexity index is 434. The summed E-state index contributed by atoms with van der Waals surface area (Å²) in [6.07, 6.45) is 4.09. The second-order valence-electron chi connectivity index (χ2n) is 4.06. The molecule has 0 radical (unpaired) electrons. The third-order valence-corrected chi connectivity index (χ3v) is 3.59. The molecule has 0 aliphatic heterocycles. The number of carboxylic acid groups (broad SMARTS) is 1. The van der Waals surface area contributed by atoms with Gasteiger partial charge in [-0.05, 0) is 19.1 Å². The third-order valence-electron chi connectivity index (χ3n) is 2.60. The van der Waals surface area contributed by atoms with Crippen molar-refractivity contribution in [2.45, 2.75) is 38.6 Å². The van der Waals surface area contributed by atoms with Crippen molar-refractivity contribution >= 4 is 23.6 Å². The van der Waals surface area contributed by atoms with Crippen LogP contribution in [-0.2, 0) is 21.9 Å². The molecular weight excluding hydrogens is 266 g/mol. The largest absolute Gasteiger partial charge is 0.480 e. The summed E-state index contributed by atoms with van der Waals surface area (Å²) >= 11 is 1.62. The second-order valence-corrected chi connectivity index (χ2v) is 5.17. The van der Waals surface area contributed by atoms with Crippen molar-refractivity contribution in [1.29, 1.82) is 0 Å². The summed E-state index contributed by atoms with van der Waals surface area (Å²) in [6.45, 7) is 4.24.